The molecule has 22 heavy (non-hydrogen) atoms. The highest BCUT2D eigenvalue weighted by Gasteiger charge is 2.30. The number of nitrogens with two attached hydrogens (primary N) is 1. The molecule has 1 aliphatic carbocycles. The number of rotatable bonds is 1. The van der Waals surface area contributed by atoms with Gasteiger partial charge in [-0.05, 0) is 36.3 Å². The molecule has 3 nitrogen and oxygen atoms in total. The van der Waals surface area contributed by atoms with Crippen LogP contribution in [0.3, 0.4) is 0 Å². The van der Waals surface area contributed by atoms with Gasteiger partial charge in [-0.2, -0.15) is 0 Å². The predicted molar refractivity (Wildman–Crippen MR) is 93.6 cm³/mol. The topological polar surface area (TPSA) is 48.0 Å². The molecule has 0 fully saturated rings. The van der Waals surface area contributed by atoms with Gasteiger partial charge in [0.15, 0.2) is 0 Å². The molecular weight excluding hydrogens is 292 g/mol. The molecule has 3 aromatic rings. The number of thiophene rings is 1. The summed E-state index contributed by atoms with van der Waals surface area (Å²) in [5.74, 6) is 0. The maximum Gasteiger partial charge on any atom is 0.261 e. The summed E-state index contributed by atoms with van der Waals surface area (Å²) in [5.41, 5.74) is 8.44. The van der Waals surface area contributed by atoms with E-state index in [2.05, 4.69) is 19.9 Å². The van der Waals surface area contributed by atoms with Gasteiger partial charge in [0.25, 0.3) is 5.56 Å². The summed E-state index contributed by atoms with van der Waals surface area (Å²) in [6, 6.07) is 8.11. The lowest BCUT2D eigenvalue weighted by Gasteiger charge is -2.29. The van der Waals surface area contributed by atoms with Gasteiger partial charge >= 0.3 is 0 Å². The fraction of sp³-hybridized carbons (Fsp3) is 0.389. The Morgan fingerprint density at radius 2 is 2.09 bits per heavy atom. The zero-order chi connectivity index (χ0) is 15.5. The number of benzene rings is 1. The molecule has 2 heterocycles. The Kier molecular flexibility index (Phi) is 2.97. The van der Waals surface area contributed by atoms with Crippen LogP contribution in [0.4, 0.5) is 0 Å². The molecule has 0 amide bonds. The second-order valence-corrected chi connectivity index (χ2v) is 8.09. The Hall–Kier alpha value is -1.65. The molecule has 0 radical (unpaired) electrons. The van der Waals surface area contributed by atoms with Crippen molar-refractivity contribution in [3.63, 3.8) is 0 Å². The minimum absolute atomic E-state index is 0.0754. The number of nitrogens with zero attached hydrogens (tertiary/aromatic N) is 1. The summed E-state index contributed by atoms with van der Waals surface area (Å²) in [6.07, 6.45) is 3.26. The van der Waals surface area contributed by atoms with Crippen LogP contribution in [-0.2, 0) is 19.5 Å². The average Bonchev–Trinajstić information content (AvgIpc) is 2.85. The van der Waals surface area contributed by atoms with Crippen molar-refractivity contribution in [2.45, 2.75) is 39.8 Å². The van der Waals surface area contributed by atoms with Gasteiger partial charge in [0.05, 0.1) is 17.6 Å². The predicted octanol–water partition coefficient (Wildman–Crippen LogP) is 3.65. The van der Waals surface area contributed by atoms with E-state index in [-0.39, 0.29) is 17.6 Å². The van der Waals surface area contributed by atoms with E-state index in [1.165, 1.54) is 16.9 Å². The van der Waals surface area contributed by atoms with Crippen LogP contribution in [-0.4, -0.2) is 4.57 Å². The number of para-hydroxylation sites is 1. The number of aromatic nitrogens is 1. The summed E-state index contributed by atoms with van der Waals surface area (Å²) >= 11 is 1.81. The lowest BCUT2D eigenvalue weighted by Crippen LogP contribution is -2.26. The highest BCUT2D eigenvalue weighted by Crippen LogP contribution is 2.43. The molecule has 0 aliphatic heterocycles. The molecule has 4 rings (SSSR count). The van der Waals surface area contributed by atoms with E-state index < -0.39 is 0 Å². The lowest BCUT2D eigenvalue weighted by molar-refractivity contribution is 0.319. The van der Waals surface area contributed by atoms with Crippen molar-refractivity contribution in [2.75, 3.05) is 0 Å². The second-order valence-electron chi connectivity index (χ2n) is 6.98. The number of pyridine rings is 1. The maximum atomic E-state index is 13.0. The minimum Gasteiger partial charge on any atom is -0.313 e. The van der Waals surface area contributed by atoms with Gasteiger partial charge in [0.1, 0.15) is 0 Å². The Bertz CT molecular complexity index is 949. The van der Waals surface area contributed by atoms with Crippen molar-refractivity contribution in [3.05, 3.63) is 45.1 Å². The summed E-state index contributed by atoms with van der Waals surface area (Å²) in [5, 5.41) is 2.07. The molecule has 0 atom stereocenters. The maximum absolute atomic E-state index is 13.0. The fourth-order valence-electron chi connectivity index (χ4n) is 3.66. The van der Waals surface area contributed by atoms with Crippen LogP contribution >= 0.6 is 11.3 Å². The van der Waals surface area contributed by atoms with E-state index in [1.54, 1.807) is 4.57 Å². The van der Waals surface area contributed by atoms with Gasteiger partial charge in [0.2, 0.25) is 0 Å². The molecule has 1 aromatic carbocycles. The standard InChI is InChI=1S/C18H20N2OS/c1-18(2)8-7-14-12(9-18)15-16(22-14)11-5-3-4-6-13(11)20(10-19)17(15)21/h3-6H,7-10,19H2,1-2H3. The third-order valence-electron chi connectivity index (χ3n) is 4.86. The second kappa shape index (κ2) is 4.67. The number of hydrogen-bond donors (Lipinski definition) is 1. The lowest BCUT2D eigenvalue weighted by atomic mass is 9.76. The summed E-state index contributed by atoms with van der Waals surface area (Å²) in [6.45, 7) is 4.81. The van der Waals surface area contributed by atoms with Crippen molar-refractivity contribution in [2.24, 2.45) is 11.1 Å². The van der Waals surface area contributed by atoms with Crippen molar-refractivity contribution in [3.8, 4) is 0 Å². The van der Waals surface area contributed by atoms with Crippen molar-refractivity contribution >= 4 is 32.3 Å². The first-order chi connectivity index (χ1) is 10.5. The van der Waals surface area contributed by atoms with E-state index >= 15 is 0 Å². The monoisotopic (exact) mass is 312 g/mol. The van der Waals surface area contributed by atoms with Gasteiger partial charge < -0.3 is 5.73 Å². The fourth-order valence-corrected chi connectivity index (χ4v) is 5.01. The van der Waals surface area contributed by atoms with Crippen LogP contribution in [0.2, 0.25) is 0 Å². The van der Waals surface area contributed by atoms with Gasteiger partial charge in [0, 0.05) is 15.0 Å². The van der Waals surface area contributed by atoms with Gasteiger partial charge in [-0.25, -0.2) is 0 Å². The Morgan fingerprint density at radius 3 is 2.86 bits per heavy atom. The van der Waals surface area contributed by atoms with Crippen LogP contribution < -0.4 is 11.3 Å². The van der Waals surface area contributed by atoms with Crippen LogP contribution in [0.25, 0.3) is 21.0 Å². The third kappa shape index (κ3) is 1.87. The number of aryl methyl sites for hydroxylation is 1. The van der Waals surface area contributed by atoms with Gasteiger partial charge in [-0.1, -0.05) is 32.0 Å². The SMILES string of the molecule is CC1(C)CCc2sc3c(c2C1)c(=O)n(CN)c1ccccc31. The highest BCUT2D eigenvalue weighted by atomic mass is 32.1. The Labute approximate surface area is 133 Å². The van der Waals surface area contributed by atoms with Crippen LogP contribution in [0.1, 0.15) is 30.7 Å². The molecular formula is C18H20N2OS. The molecule has 0 spiro atoms. The molecule has 1 aliphatic rings. The quantitative estimate of drug-likeness (QED) is 0.745. The number of fused-ring (bicyclic) bond motifs is 5. The highest BCUT2D eigenvalue weighted by molar-refractivity contribution is 7.20. The molecule has 2 N–H and O–H groups in total. The first-order valence-corrected chi connectivity index (χ1v) is 8.59. The summed E-state index contributed by atoms with van der Waals surface area (Å²) < 4.78 is 2.86. The molecule has 0 saturated carbocycles. The van der Waals surface area contributed by atoms with Crippen molar-refractivity contribution in [1.29, 1.82) is 0 Å². The molecule has 0 bridgehead atoms. The molecule has 0 saturated heterocycles. The van der Waals surface area contributed by atoms with Gasteiger partial charge in [-0.3, -0.25) is 9.36 Å². The van der Waals surface area contributed by atoms with Crippen LogP contribution in [0.15, 0.2) is 29.1 Å². The molecule has 114 valence electrons. The Morgan fingerprint density at radius 1 is 1.32 bits per heavy atom. The average molecular weight is 312 g/mol. The normalized spacial score (nSPS) is 17.0. The molecule has 2 aromatic heterocycles. The van der Waals surface area contributed by atoms with Crippen molar-refractivity contribution < 1.29 is 0 Å². The van der Waals surface area contributed by atoms with E-state index in [0.717, 1.165) is 33.8 Å². The zero-order valence-corrected chi connectivity index (χ0v) is 13.8. The Balaban J connectivity index is 2.18. The zero-order valence-electron chi connectivity index (χ0n) is 13.0. The van der Waals surface area contributed by atoms with E-state index in [9.17, 15) is 4.79 Å². The first-order valence-electron chi connectivity index (χ1n) is 7.78. The third-order valence-corrected chi connectivity index (χ3v) is 6.18. The van der Waals surface area contributed by atoms with Crippen LogP contribution in [0, 0.1) is 5.41 Å². The first kappa shape index (κ1) is 14.0. The smallest absolute Gasteiger partial charge is 0.261 e. The van der Waals surface area contributed by atoms with E-state index in [1.807, 2.05) is 29.5 Å². The van der Waals surface area contributed by atoms with E-state index in [4.69, 9.17) is 5.73 Å². The van der Waals surface area contributed by atoms with Crippen LogP contribution in [0.5, 0.6) is 0 Å². The number of hydrogen-bond acceptors (Lipinski definition) is 3. The molecule has 4 heteroatoms. The van der Waals surface area contributed by atoms with Gasteiger partial charge in [-0.15, -0.1) is 11.3 Å². The molecule has 0 unspecified atom stereocenters. The van der Waals surface area contributed by atoms with E-state index in [0.29, 0.717) is 0 Å². The van der Waals surface area contributed by atoms with Crippen molar-refractivity contribution in [1.82, 2.24) is 4.57 Å². The summed E-state index contributed by atoms with van der Waals surface area (Å²) in [7, 11) is 0. The largest absolute Gasteiger partial charge is 0.313 e. The summed E-state index contributed by atoms with van der Waals surface area (Å²) in [4.78, 5) is 14.4. The minimum atomic E-state index is 0.0754.